The highest BCUT2D eigenvalue weighted by atomic mass is 32.2. The molecule has 0 amide bonds. The first kappa shape index (κ1) is 15.7. The zero-order chi connectivity index (χ0) is 15.9. The van der Waals surface area contributed by atoms with E-state index in [0.717, 1.165) is 5.56 Å². The van der Waals surface area contributed by atoms with E-state index in [1.54, 1.807) is 30.4 Å². The van der Waals surface area contributed by atoms with Crippen LogP contribution in [-0.4, -0.2) is 27.3 Å². The Morgan fingerprint density at radius 3 is 2.82 bits per heavy atom. The lowest BCUT2D eigenvalue weighted by Crippen LogP contribution is -2.05. The van der Waals surface area contributed by atoms with E-state index in [-0.39, 0.29) is 11.3 Å². The van der Waals surface area contributed by atoms with Crippen molar-refractivity contribution in [2.75, 3.05) is 12.9 Å². The Hall–Kier alpha value is -2.65. The SMILES string of the molecule is C#CCS(=O)c1cc(/C=C/c2ccc(=O)[nH]n2)ccc1OC. The summed E-state index contributed by atoms with van der Waals surface area (Å²) in [5.74, 6) is 3.05. The van der Waals surface area contributed by atoms with Crippen molar-refractivity contribution in [1.29, 1.82) is 0 Å². The number of aromatic nitrogens is 2. The standard InChI is InChI=1S/C16H14N2O3S/c1-3-10-22(20)15-11-12(5-8-14(15)21-2)4-6-13-7-9-16(19)18-17-13/h1,4-9,11H,10H2,2H3,(H,18,19)/b6-4+. The molecular weight excluding hydrogens is 300 g/mol. The summed E-state index contributed by atoms with van der Waals surface area (Å²) in [5.41, 5.74) is 1.18. The summed E-state index contributed by atoms with van der Waals surface area (Å²) >= 11 is 0. The van der Waals surface area contributed by atoms with E-state index in [1.165, 1.54) is 13.2 Å². The Morgan fingerprint density at radius 2 is 2.18 bits per heavy atom. The first-order chi connectivity index (χ1) is 10.6. The van der Waals surface area contributed by atoms with Gasteiger partial charge in [0.15, 0.2) is 0 Å². The van der Waals surface area contributed by atoms with Gasteiger partial charge in [0, 0.05) is 6.07 Å². The number of H-pyrrole nitrogens is 1. The third-order valence-corrected chi connectivity index (χ3v) is 4.03. The van der Waals surface area contributed by atoms with E-state index in [1.807, 2.05) is 6.07 Å². The number of nitrogens with one attached hydrogen (secondary N) is 1. The van der Waals surface area contributed by atoms with E-state index in [0.29, 0.717) is 16.3 Å². The molecular formula is C16H14N2O3S. The van der Waals surface area contributed by atoms with Crippen LogP contribution in [0, 0.1) is 12.3 Å². The zero-order valence-electron chi connectivity index (χ0n) is 11.9. The van der Waals surface area contributed by atoms with Crippen molar-refractivity contribution in [3.05, 3.63) is 51.9 Å². The van der Waals surface area contributed by atoms with Gasteiger partial charge in [0.05, 0.1) is 34.3 Å². The highest BCUT2D eigenvalue weighted by Gasteiger charge is 2.10. The Kier molecular flexibility index (Phi) is 5.28. The van der Waals surface area contributed by atoms with E-state index in [2.05, 4.69) is 16.1 Å². The summed E-state index contributed by atoms with van der Waals surface area (Å²) in [7, 11) is 0.205. The lowest BCUT2D eigenvalue weighted by atomic mass is 10.2. The molecule has 6 heteroatoms. The molecule has 1 N–H and O–H groups in total. The molecule has 1 unspecified atom stereocenters. The third-order valence-electron chi connectivity index (χ3n) is 2.79. The van der Waals surface area contributed by atoms with Gasteiger partial charge in [-0.15, -0.1) is 6.42 Å². The van der Waals surface area contributed by atoms with Gasteiger partial charge >= 0.3 is 0 Å². The summed E-state index contributed by atoms with van der Waals surface area (Å²) < 4.78 is 17.3. The van der Waals surface area contributed by atoms with Gasteiger partial charge in [-0.05, 0) is 29.8 Å². The second-order valence-electron chi connectivity index (χ2n) is 4.28. The number of aromatic amines is 1. The monoisotopic (exact) mass is 314 g/mol. The van der Waals surface area contributed by atoms with Gasteiger partial charge < -0.3 is 4.74 Å². The number of hydrogen-bond acceptors (Lipinski definition) is 4. The molecule has 0 aliphatic heterocycles. The van der Waals surface area contributed by atoms with Crippen LogP contribution in [0.4, 0.5) is 0 Å². The molecule has 0 aliphatic rings. The fourth-order valence-corrected chi connectivity index (χ4v) is 2.71. The second-order valence-corrected chi connectivity index (χ2v) is 5.70. The number of terminal acetylenes is 1. The Balaban J connectivity index is 2.30. The van der Waals surface area contributed by atoms with Gasteiger partial charge in [-0.2, -0.15) is 5.10 Å². The maximum Gasteiger partial charge on any atom is 0.264 e. The lowest BCUT2D eigenvalue weighted by molar-refractivity contribution is 0.404. The average Bonchev–Trinajstić information content (AvgIpc) is 2.54. The minimum absolute atomic E-state index is 0.130. The molecule has 5 nitrogen and oxygen atoms in total. The highest BCUT2D eigenvalue weighted by molar-refractivity contribution is 7.85. The quantitative estimate of drug-likeness (QED) is 0.853. The summed E-state index contributed by atoms with van der Waals surface area (Å²) in [6.07, 6.45) is 8.75. The molecule has 0 bridgehead atoms. The van der Waals surface area contributed by atoms with Crippen LogP contribution in [0.1, 0.15) is 11.3 Å². The number of benzene rings is 1. The maximum absolute atomic E-state index is 12.1. The Labute approximate surface area is 130 Å². The Bertz CT molecular complexity index is 798. The first-order valence-corrected chi connectivity index (χ1v) is 7.69. The first-order valence-electron chi connectivity index (χ1n) is 6.37. The number of methoxy groups -OCH3 is 1. The van der Waals surface area contributed by atoms with Crippen LogP contribution in [0.25, 0.3) is 12.2 Å². The molecule has 1 aromatic carbocycles. The van der Waals surface area contributed by atoms with Gasteiger partial charge in [-0.25, -0.2) is 5.10 Å². The van der Waals surface area contributed by atoms with Crippen molar-refractivity contribution in [2.24, 2.45) is 0 Å². The summed E-state index contributed by atoms with van der Waals surface area (Å²) in [6, 6.07) is 8.33. The van der Waals surface area contributed by atoms with Crippen LogP contribution in [0.2, 0.25) is 0 Å². The lowest BCUT2D eigenvalue weighted by Gasteiger charge is -2.07. The molecule has 112 valence electrons. The molecule has 1 aromatic heterocycles. The second kappa shape index (κ2) is 7.38. The maximum atomic E-state index is 12.1. The van der Waals surface area contributed by atoms with Crippen LogP contribution in [-0.2, 0) is 10.8 Å². The number of hydrogen-bond donors (Lipinski definition) is 1. The molecule has 0 aliphatic carbocycles. The van der Waals surface area contributed by atoms with E-state index >= 15 is 0 Å². The molecule has 0 radical (unpaired) electrons. The third kappa shape index (κ3) is 3.93. The van der Waals surface area contributed by atoms with Crippen LogP contribution in [0.15, 0.2) is 40.0 Å². The molecule has 1 heterocycles. The predicted octanol–water partition coefficient (Wildman–Crippen LogP) is 1.69. The summed E-state index contributed by atoms with van der Waals surface area (Å²) in [5, 5.41) is 6.23. The number of nitrogens with zero attached hydrogens (tertiary/aromatic N) is 1. The largest absolute Gasteiger partial charge is 0.495 e. The van der Waals surface area contributed by atoms with E-state index in [9.17, 15) is 9.00 Å². The molecule has 2 aromatic rings. The number of rotatable bonds is 5. The molecule has 0 saturated heterocycles. The predicted molar refractivity (Wildman–Crippen MR) is 86.9 cm³/mol. The van der Waals surface area contributed by atoms with Gasteiger partial charge in [-0.3, -0.25) is 9.00 Å². The smallest absolute Gasteiger partial charge is 0.264 e. The molecule has 0 saturated carbocycles. The Morgan fingerprint density at radius 1 is 1.36 bits per heavy atom. The molecule has 0 spiro atoms. The highest BCUT2D eigenvalue weighted by Crippen LogP contribution is 2.24. The molecule has 1 atom stereocenters. The van der Waals surface area contributed by atoms with Gasteiger partial charge in [0.2, 0.25) is 0 Å². The average molecular weight is 314 g/mol. The summed E-state index contributed by atoms with van der Waals surface area (Å²) in [4.78, 5) is 11.5. The van der Waals surface area contributed by atoms with Crippen LogP contribution < -0.4 is 10.3 Å². The normalized spacial score (nSPS) is 12.0. The van der Waals surface area contributed by atoms with Crippen molar-refractivity contribution in [1.82, 2.24) is 10.2 Å². The minimum Gasteiger partial charge on any atom is -0.495 e. The van der Waals surface area contributed by atoms with Crippen LogP contribution in [0.3, 0.4) is 0 Å². The fraction of sp³-hybridized carbons (Fsp3) is 0.125. The summed E-state index contributed by atoms with van der Waals surface area (Å²) in [6.45, 7) is 0. The molecule has 22 heavy (non-hydrogen) atoms. The van der Waals surface area contributed by atoms with Gasteiger partial charge in [0.25, 0.3) is 5.56 Å². The van der Waals surface area contributed by atoms with Gasteiger partial charge in [-0.1, -0.05) is 18.1 Å². The molecule has 2 rings (SSSR count). The van der Waals surface area contributed by atoms with Crippen molar-refractivity contribution >= 4 is 23.0 Å². The van der Waals surface area contributed by atoms with Crippen molar-refractivity contribution in [3.63, 3.8) is 0 Å². The topological polar surface area (TPSA) is 72.0 Å². The van der Waals surface area contributed by atoms with Crippen molar-refractivity contribution < 1.29 is 8.95 Å². The molecule has 0 fully saturated rings. The van der Waals surface area contributed by atoms with Gasteiger partial charge in [0.1, 0.15) is 5.75 Å². The van der Waals surface area contributed by atoms with Crippen LogP contribution in [0.5, 0.6) is 5.75 Å². The minimum atomic E-state index is -1.31. The van der Waals surface area contributed by atoms with Crippen molar-refractivity contribution in [3.8, 4) is 18.1 Å². The number of ether oxygens (including phenoxy) is 1. The van der Waals surface area contributed by atoms with E-state index < -0.39 is 10.8 Å². The van der Waals surface area contributed by atoms with E-state index in [4.69, 9.17) is 11.2 Å². The van der Waals surface area contributed by atoms with Crippen molar-refractivity contribution in [2.45, 2.75) is 4.90 Å². The van der Waals surface area contributed by atoms with Crippen LogP contribution >= 0.6 is 0 Å². The zero-order valence-corrected chi connectivity index (χ0v) is 12.7. The fourth-order valence-electron chi connectivity index (χ4n) is 1.76.